The summed E-state index contributed by atoms with van der Waals surface area (Å²) in [5.41, 5.74) is 2.17. The molecule has 9 fully saturated rings. The van der Waals surface area contributed by atoms with E-state index in [1.54, 1.807) is 5.57 Å². The number of fused-ring (bicyclic) bond motifs is 5. The van der Waals surface area contributed by atoms with E-state index in [2.05, 4.69) is 19.9 Å². The van der Waals surface area contributed by atoms with Crippen LogP contribution >= 0.6 is 0 Å². The molecule has 0 aromatic rings. The van der Waals surface area contributed by atoms with Crippen molar-refractivity contribution >= 4 is 0 Å². The van der Waals surface area contributed by atoms with Gasteiger partial charge in [-0.25, -0.2) is 0 Å². The van der Waals surface area contributed by atoms with Crippen LogP contribution < -0.4 is 0 Å². The van der Waals surface area contributed by atoms with Crippen LogP contribution in [-0.2, 0) is 24.0 Å². The van der Waals surface area contributed by atoms with E-state index < -0.39 is 11.6 Å². The lowest BCUT2D eigenvalue weighted by Gasteiger charge is -2.57. The van der Waals surface area contributed by atoms with E-state index >= 15 is 0 Å². The largest absolute Gasteiger partial charge is 0.393 e. The summed E-state index contributed by atoms with van der Waals surface area (Å²) < 4.78 is 20.0. The van der Waals surface area contributed by atoms with Gasteiger partial charge in [-0.3, -0.25) is 0 Å². The summed E-state index contributed by atoms with van der Waals surface area (Å²) in [6.45, 7) is 6.45. The third kappa shape index (κ3) is 4.39. The highest BCUT2D eigenvalue weighted by Crippen LogP contribution is 2.66. The Morgan fingerprint density at radius 2 is 1.53 bits per heavy atom. The molecule has 0 aromatic carbocycles. The van der Waals surface area contributed by atoms with Gasteiger partial charge in [-0.2, -0.15) is 9.78 Å². The topological polar surface area (TPSA) is 66.4 Å². The maximum Gasteiger partial charge on any atom is 0.210 e. The van der Waals surface area contributed by atoms with Crippen LogP contribution in [0.5, 0.6) is 0 Å². The number of hydrogen-bond donors (Lipinski definition) is 1. The monoisotopic (exact) mass is 596 g/mol. The molecule has 6 nitrogen and oxygen atoms in total. The summed E-state index contributed by atoms with van der Waals surface area (Å²) in [5.74, 6) is 4.15. The average molecular weight is 597 g/mol. The fraction of sp³-hybridized carbons (Fsp3) is 0.946. The second-order valence-corrected chi connectivity index (χ2v) is 17.4. The van der Waals surface area contributed by atoms with E-state index in [-0.39, 0.29) is 12.2 Å². The molecule has 0 aromatic heterocycles. The SMILES string of the molecule is C[C@]12CC[C@H]3[C@@H](CC=C4C[C@@H](O)CC[C@@]43C)[C@@H]1CC[C@@H]2OCCOC1CCC2(CC1)OOC1(O2)C2CC3CC(C2)CC1C3. The Hall–Kier alpha value is -0.500. The predicted molar refractivity (Wildman–Crippen MR) is 161 cm³/mol. The Labute approximate surface area is 258 Å². The zero-order valence-electron chi connectivity index (χ0n) is 26.8. The number of hydrogen-bond acceptors (Lipinski definition) is 6. The normalized spacial score (nSPS) is 56.7. The highest BCUT2D eigenvalue weighted by Gasteiger charge is 2.67. The maximum atomic E-state index is 10.3. The number of aliphatic hydroxyl groups excluding tert-OH is 1. The van der Waals surface area contributed by atoms with Crippen LogP contribution in [-0.4, -0.2) is 48.2 Å². The molecule has 10 aliphatic rings. The van der Waals surface area contributed by atoms with E-state index in [9.17, 15) is 5.11 Å². The number of ether oxygens (including phenoxy) is 3. The van der Waals surface area contributed by atoms with Gasteiger partial charge < -0.3 is 19.3 Å². The lowest BCUT2D eigenvalue weighted by molar-refractivity contribution is -0.390. The van der Waals surface area contributed by atoms with Crippen LogP contribution in [0.25, 0.3) is 0 Å². The molecule has 9 aliphatic carbocycles. The van der Waals surface area contributed by atoms with Crippen molar-refractivity contribution < 1.29 is 29.1 Å². The van der Waals surface area contributed by atoms with Gasteiger partial charge >= 0.3 is 0 Å². The number of rotatable bonds is 5. The van der Waals surface area contributed by atoms with Crippen molar-refractivity contribution in [2.45, 2.75) is 153 Å². The summed E-state index contributed by atoms with van der Waals surface area (Å²) in [4.78, 5) is 12.4. The molecule has 43 heavy (non-hydrogen) atoms. The van der Waals surface area contributed by atoms with Crippen LogP contribution in [0.15, 0.2) is 11.6 Å². The summed E-state index contributed by atoms with van der Waals surface area (Å²) >= 11 is 0. The third-order valence-electron chi connectivity index (χ3n) is 15.4. The predicted octanol–water partition coefficient (Wildman–Crippen LogP) is 7.48. The smallest absolute Gasteiger partial charge is 0.210 e. The summed E-state index contributed by atoms with van der Waals surface area (Å²) in [7, 11) is 0. The molecule has 10 rings (SSSR count). The van der Waals surface area contributed by atoms with Gasteiger partial charge in [0.2, 0.25) is 11.6 Å². The van der Waals surface area contributed by atoms with Gasteiger partial charge in [0.05, 0.1) is 31.5 Å². The zero-order valence-corrected chi connectivity index (χ0v) is 26.8. The first-order chi connectivity index (χ1) is 20.8. The van der Waals surface area contributed by atoms with Gasteiger partial charge in [0.25, 0.3) is 0 Å². The molecule has 7 atom stereocenters. The molecular formula is C37H56O6. The van der Waals surface area contributed by atoms with Crippen LogP contribution in [0.3, 0.4) is 0 Å². The minimum absolute atomic E-state index is 0.122. The van der Waals surface area contributed by atoms with Gasteiger partial charge in [0.15, 0.2) is 0 Å². The average Bonchev–Trinajstić information content (AvgIpc) is 3.53. The molecule has 2 spiro atoms. The van der Waals surface area contributed by atoms with E-state index in [1.165, 1.54) is 64.2 Å². The molecule has 0 amide bonds. The molecule has 0 unspecified atom stereocenters. The van der Waals surface area contributed by atoms with E-state index in [0.29, 0.717) is 42.0 Å². The summed E-state index contributed by atoms with van der Waals surface area (Å²) in [6.07, 6.45) is 22.6. The quantitative estimate of drug-likeness (QED) is 0.202. The highest BCUT2D eigenvalue weighted by molar-refractivity contribution is 5.25. The van der Waals surface area contributed by atoms with E-state index in [1.807, 2.05) is 0 Å². The van der Waals surface area contributed by atoms with E-state index in [4.69, 9.17) is 24.0 Å². The standard InChI is InChI=1S/C37H56O6/c1-34-11-7-28(38)22-25(34)3-4-30-31-5-6-33(35(31,2)12-10-32(30)34)40-16-15-39-29-8-13-36(14-9-29)41-37(43-42-36)26-18-23-17-24(20-26)21-27(37)19-23/h3,23-24,26-33,38H,4-22H2,1-2H3/t23?,24?,26?,27?,28-,29?,30-,31-,32-,33-,34-,35-,36?,37?/m0/s1. The number of allylic oxidation sites excluding steroid dienone is 1. The zero-order chi connectivity index (χ0) is 29.0. The first kappa shape index (κ1) is 28.7. The third-order valence-corrected chi connectivity index (χ3v) is 15.4. The first-order valence-electron chi connectivity index (χ1n) is 18.5. The van der Waals surface area contributed by atoms with Crippen molar-refractivity contribution in [3.63, 3.8) is 0 Å². The Morgan fingerprint density at radius 1 is 0.791 bits per heavy atom. The van der Waals surface area contributed by atoms with Gasteiger partial charge in [-0.1, -0.05) is 25.5 Å². The summed E-state index contributed by atoms with van der Waals surface area (Å²) in [5, 5.41) is 10.3. The highest BCUT2D eigenvalue weighted by atomic mass is 17.3. The Balaban J connectivity index is 0.756. The fourth-order valence-corrected chi connectivity index (χ4v) is 13.3. The van der Waals surface area contributed by atoms with Crippen molar-refractivity contribution in [3.05, 3.63) is 11.6 Å². The molecular weight excluding hydrogens is 540 g/mol. The molecule has 240 valence electrons. The van der Waals surface area contributed by atoms with Crippen molar-refractivity contribution in [3.8, 4) is 0 Å². The van der Waals surface area contributed by atoms with Crippen LogP contribution in [0.1, 0.15) is 123 Å². The molecule has 4 bridgehead atoms. The lowest BCUT2D eigenvalue weighted by atomic mass is 9.48. The maximum absolute atomic E-state index is 10.3. The second kappa shape index (κ2) is 10.2. The Bertz CT molecular complexity index is 1080. The second-order valence-electron chi connectivity index (χ2n) is 17.4. The molecule has 1 aliphatic heterocycles. The lowest BCUT2D eigenvalue weighted by Crippen LogP contribution is -2.59. The molecule has 8 saturated carbocycles. The summed E-state index contributed by atoms with van der Waals surface area (Å²) in [6, 6.07) is 0. The van der Waals surface area contributed by atoms with Crippen molar-refractivity contribution in [2.75, 3.05) is 13.2 Å². The van der Waals surface area contributed by atoms with Gasteiger partial charge in [0, 0.05) is 24.7 Å². The van der Waals surface area contributed by atoms with Gasteiger partial charge in [0.1, 0.15) is 0 Å². The van der Waals surface area contributed by atoms with Crippen molar-refractivity contribution in [1.82, 2.24) is 0 Å². The van der Waals surface area contributed by atoms with Gasteiger partial charge in [-0.15, -0.1) is 0 Å². The van der Waals surface area contributed by atoms with Crippen molar-refractivity contribution in [1.29, 1.82) is 0 Å². The van der Waals surface area contributed by atoms with Crippen LogP contribution in [0.2, 0.25) is 0 Å². The molecule has 1 heterocycles. The van der Waals surface area contributed by atoms with Crippen molar-refractivity contribution in [2.24, 2.45) is 52.3 Å². The fourth-order valence-electron chi connectivity index (χ4n) is 13.3. The Kier molecular flexibility index (Phi) is 6.84. The molecule has 1 N–H and O–H groups in total. The molecule has 0 radical (unpaired) electrons. The Morgan fingerprint density at radius 3 is 2.30 bits per heavy atom. The van der Waals surface area contributed by atoms with Gasteiger partial charge in [-0.05, 0) is 137 Å². The number of aliphatic hydroxyl groups is 1. The molecule has 1 saturated heterocycles. The van der Waals surface area contributed by atoms with Crippen LogP contribution in [0, 0.1) is 52.3 Å². The minimum atomic E-state index is -0.554. The van der Waals surface area contributed by atoms with Crippen LogP contribution in [0.4, 0.5) is 0 Å². The minimum Gasteiger partial charge on any atom is -0.393 e. The van der Waals surface area contributed by atoms with E-state index in [0.717, 1.165) is 74.5 Å². The molecule has 6 heteroatoms. The first-order valence-corrected chi connectivity index (χ1v) is 18.5.